The number of hydrogen-bond donors (Lipinski definition) is 1. The molecule has 1 aliphatic heterocycles. The van der Waals surface area contributed by atoms with Crippen LogP contribution in [-0.2, 0) is 22.4 Å². The lowest BCUT2D eigenvalue weighted by Gasteiger charge is -2.35. The third-order valence-corrected chi connectivity index (χ3v) is 7.35. The van der Waals surface area contributed by atoms with Gasteiger partial charge in [0.15, 0.2) is 5.11 Å². The first-order valence-corrected chi connectivity index (χ1v) is 11.5. The molecule has 2 aromatic rings. The fraction of sp³-hybridized carbons (Fsp3) is 0.350. The molecule has 13 heteroatoms. The van der Waals surface area contributed by atoms with E-state index in [1.54, 1.807) is 4.90 Å². The highest BCUT2D eigenvalue weighted by atomic mass is 32.2. The lowest BCUT2D eigenvalue weighted by atomic mass is 10.1. The predicted molar refractivity (Wildman–Crippen MR) is 114 cm³/mol. The summed E-state index contributed by atoms with van der Waals surface area (Å²) < 4.78 is 105. The van der Waals surface area contributed by atoms with Crippen molar-refractivity contribution in [2.24, 2.45) is 0 Å². The molecule has 0 spiro atoms. The molecule has 0 amide bonds. The summed E-state index contributed by atoms with van der Waals surface area (Å²) in [6, 6.07) is 7.70. The first-order chi connectivity index (χ1) is 15.2. The number of anilines is 1. The number of thiocarbonyl (C=S) groups is 1. The Bertz CT molecular complexity index is 1110. The normalized spacial score (nSPS) is 16.0. The molecule has 3 rings (SSSR count). The summed E-state index contributed by atoms with van der Waals surface area (Å²) >= 11 is 5.35. The number of piperazine rings is 1. The van der Waals surface area contributed by atoms with Crippen molar-refractivity contribution in [1.29, 1.82) is 0 Å². The van der Waals surface area contributed by atoms with Gasteiger partial charge < -0.3 is 10.2 Å². The Labute approximate surface area is 192 Å². The number of hydrogen-bond acceptors (Lipinski definition) is 3. The largest absolute Gasteiger partial charge is 0.416 e. The molecule has 1 aliphatic rings. The predicted octanol–water partition coefficient (Wildman–Crippen LogP) is 4.74. The minimum atomic E-state index is -5.14. The van der Waals surface area contributed by atoms with Gasteiger partial charge in [0.25, 0.3) is 0 Å². The van der Waals surface area contributed by atoms with Crippen molar-refractivity contribution >= 4 is 33.0 Å². The van der Waals surface area contributed by atoms with Crippen LogP contribution in [0.25, 0.3) is 0 Å². The van der Waals surface area contributed by atoms with Gasteiger partial charge in [-0.1, -0.05) is 18.2 Å². The standard InChI is InChI=1S/C20H19F6N3O2S2/c1-13-4-2-3-5-17(13)27-18(32)28-6-8-29(9-7-28)33(30,31)16-11-14(19(21,22)23)10-15(12-16)20(24,25)26/h2-5,10-12H,6-9H2,1H3,(H,27,32). The Morgan fingerprint density at radius 2 is 1.42 bits per heavy atom. The van der Waals surface area contributed by atoms with Gasteiger partial charge in [0.2, 0.25) is 10.0 Å². The summed E-state index contributed by atoms with van der Waals surface area (Å²) in [4.78, 5) is 0.625. The maximum atomic E-state index is 13.1. The van der Waals surface area contributed by atoms with E-state index in [2.05, 4.69) is 5.32 Å². The molecule has 0 bridgehead atoms. The number of nitrogens with one attached hydrogen (secondary N) is 1. The molecule has 0 aliphatic carbocycles. The van der Waals surface area contributed by atoms with Crippen molar-refractivity contribution in [3.05, 3.63) is 59.2 Å². The number of halogens is 6. The molecule has 180 valence electrons. The van der Waals surface area contributed by atoms with Crippen LogP contribution in [-0.4, -0.2) is 48.9 Å². The van der Waals surface area contributed by atoms with Crippen molar-refractivity contribution in [2.45, 2.75) is 24.2 Å². The lowest BCUT2D eigenvalue weighted by Crippen LogP contribution is -2.51. The van der Waals surface area contributed by atoms with Gasteiger partial charge in [-0.2, -0.15) is 30.6 Å². The minimum absolute atomic E-state index is 0.105. The number of para-hydroxylation sites is 1. The number of alkyl halides is 6. The van der Waals surface area contributed by atoms with Crippen LogP contribution in [0.2, 0.25) is 0 Å². The van der Waals surface area contributed by atoms with Gasteiger partial charge in [-0.05, 0) is 49.0 Å². The second-order valence-electron chi connectivity index (χ2n) is 7.38. The van der Waals surface area contributed by atoms with E-state index in [1.807, 2.05) is 31.2 Å². The summed E-state index contributed by atoms with van der Waals surface area (Å²) in [5.74, 6) is 0. The molecule has 1 fully saturated rings. The van der Waals surface area contributed by atoms with Gasteiger partial charge in [0, 0.05) is 31.9 Å². The van der Waals surface area contributed by atoms with E-state index in [4.69, 9.17) is 12.2 Å². The minimum Gasteiger partial charge on any atom is -0.346 e. The van der Waals surface area contributed by atoms with Crippen LogP contribution >= 0.6 is 12.2 Å². The number of nitrogens with zero attached hydrogens (tertiary/aromatic N) is 2. The highest BCUT2D eigenvalue weighted by Crippen LogP contribution is 2.37. The first kappa shape index (κ1) is 25.2. The van der Waals surface area contributed by atoms with E-state index < -0.39 is 38.4 Å². The molecule has 1 N–H and O–H groups in total. The second-order valence-corrected chi connectivity index (χ2v) is 9.70. The molecule has 33 heavy (non-hydrogen) atoms. The third kappa shape index (κ3) is 5.76. The quantitative estimate of drug-likeness (QED) is 0.477. The van der Waals surface area contributed by atoms with Crippen LogP contribution in [0.4, 0.5) is 32.0 Å². The first-order valence-electron chi connectivity index (χ1n) is 9.61. The van der Waals surface area contributed by atoms with Gasteiger partial charge in [0.05, 0.1) is 16.0 Å². The molecule has 0 saturated carbocycles. The number of sulfonamides is 1. The van der Waals surface area contributed by atoms with E-state index >= 15 is 0 Å². The van der Waals surface area contributed by atoms with Crippen LogP contribution in [0.1, 0.15) is 16.7 Å². The van der Waals surface area contributed by atoms with Crippen LogP contribution in [0.3, 0.4) is 0 Å². The Morgan fingerprint density at radius 1 is 0.909 bits per heavy atom. The molecule has 2 aromatic carbocycles. The molecule has 1 saturated heterocycles. The average molecular weight is 512 g/mol. The van der Waals surface area contributed by atoms with Crippen LogP contribution in [0, 0.1) is 6.92 Å². The summed E-state index contributed by atoms with van der Waals surface area (Å²) in [6.45, 7) is 1.79. The van der Waals surface area contributed by atoms with E-state index in [1.165, 1.54) is 0 Å². The smallest absolute Gasteiger partial charge is 0.346 e. The third-order valence-electron chi connectivity index (χ3n) is 5.11. The number of benzene rings is 2. The van der Waals surface area contributed by atoms with E-state index in [0.717, 1.165) is 15.6 Å². The summed E-state index contributed by atoms with van der Waals surface area (Å²) in [5.41, 5.74) is -1.66. The van der Waals surface area contributed by atoms with Crippen molar-refractivity contribution in [3.63, 3.8) is 0 Å². The molecule has 0 radical (unpaired) electrons. The SMILES string of the molecule is Cc1ccccc1NC(=S)N1CCN(S(=O)(=O)c2cc(C(F)(F)F)cc(C(F)(F)F)c2)CC1. The van der Waals surface area contributed by atoms with Crippen LogP contribution in [0.15, 0.2) is 47.4 Å². The molecular formula is C20H19F6N3O2S2. The van der Waals surface area contributed by atoms with E-state index in [0.29, 0.717) is 5.11 Å². The number of aryl methyl sites for hydroxylation is 1. The molecule has 5 nitrogen and oxygen atoms in total. The zero-order valence-electron chi connectivity index (χ0n) is 17.2. The van der Waals surface area contributed by atoms with Gasteiger partial charge in [-0.15, -0.1) is 0 Å². The molecule has 0 atom stereocenters. The molecule has 1 heterocycles. The maximum Gasteiger partial charge on any atom is 0.416 e. The molecule has 0 aromatic heterocycles. The fourth-order valence-electron chi connectivity index (χ4n) is 3.26. The van der Waals surface area contributed by atoms with Gasteiger partial charge in [-0.25, -0.2) is 8.42 Å². The Balaban J connectivity index is 1.78. The monoisotopic (exact) mass is 511 g/mol. The topological polar surface area (TPSA) is 52.6 Å². The number of rotatable bonds is 3. The summed E-state index contributed by atoms with van der Waals surface area (Å²) in [5, 5.41) is 3.39. The highest BCUT2D eigenvalue weighted by molar-refractivity contribution is 7.89. The lowest BCUT2D eigenvalue weighted by molar-refractivity contribution is -0.143. The molecular weight excluding hydrogens is 492 g/mol. The van der Waals surface area contributed by atoms with Crippen molar-refractivity contribution in [3.8, 4) is 0 Å². The van der Waals surface area contributed by atoms with Gasteiger partial charge in [0.1, 0.15) is 0 Å². The van der Waals surface area contributed by atoms with Crippen molar-refractivity contribution in [1.82, 2.24) is 9.21 Å². The van der Waals surface area contributed by atoms with Crippen molar-refractivity contribution in [2.75, 3.05) is 31.5 Å². The van der Waals surface area contributed by atoms with Crippen LogP contribution in [0.5, 0.6) is 0 Å². The Morgan fingerprint density at radius 3 is 1.91 bits per heavy atom. The summed E-state index contributed by atoms with van der Waals surface area (Å²) in [7, 11) is -4.60. The van der Waals surface area contributed by atoms with Gasteiger partial charge >= 0.3 is 12.4 Å². The Hall–Kier alpha value is -2.38. The average Bonchev–Trinajstić information content (AvgIpc) is 2.74. The van der Waals surface area contributed by atoms with Crippen LogP contribution < -0.4 is 5.32 Å². The fourth-order valence-corrected chi connectivity index (χ4v) is 5.05. The molecule has 0 unspecified atom stereocenters. The van der Waals surface area contributed by atoms with Gasteiger partial charge in [-0.3, -0.25) is 0 Å². The van der Waals surface area contributed by atoms with E-state index in [9.17, 15) is 34.8 Å². The summed E-state index contributed by atoms with van der Waals surface area (Å²) in [6.07, 6.45) is -10.3. The van der Waals surface area contributed by atoms with E-state index in [-0.39, 0.29) is 44.4 Å². The zero-order chi connectivity index (χ0) is 24.6. The maximum absolute atomic E-state index is 13.1. The highest BCUT2D eigenvalue weighted by Gasteiger charge is 2.39. The second kappa shape index (κ2) is 9.11. The zero-order valence-corrected chi connectivity index (χ0v) is 18.8. The van der Waals surface area contributed by atoms with Crippen molar-refractivity contribution < 1.29 is 34.8 Å². The Kier molecular flexibility index (Phi) is 6.97.